The first-order valence-corrected chi connectivity index (χ1v) is 8.00. The maximum atomic E-state index is 13.7. The first-order chi connectivity index (χ1) is 11.8. The fraction of sp³-hybridized carbons (Fsp3) is 0.333. The van der Waals surface area contributed by atoms with Crippen LogP contribution in [0.2, 0.25) is 0 Å². The Bertz CT molecular complexity index is 675. The second kappa shape index (κ2) is 7.99. The molecule has 126 valence electrons. The lowest BCUT2D eigenvalue weighted by molar-refractivity contribution is 0.0161. The maximum absolute atomic E-state index is 13.7. The predicted octanol–water partition coefficient (Wildman–Crippen LogP) is 2.02. The summed E-state index contributed by atoms with van der Waals surface area (Å²) in [5.74, 6) is -0.922. The van der Waals surface area contributed by atoms with E-state index < -0.39 is 11.7 Å². The minimum absolute atomic E-state index is 0.0154. The van der Waals surface area contributed by atoms with Crippen molar-refractivity contribution in [3.05, 3.63) is 65.7 Å². The number of morpholine rings is 1. The van der Waals surface area contributed by atoms with E-state index in [4.69, 9.17) is 4.74 Å². The quantitative estimate of drug-likeness (QED) is 0.912. The molecule has 24 heavy (non-hydrogen) atoms. The zero-order valence-corrected chi connectivity index (χ0v) is 13.3. The molecule has 0 bridgehead atoms. The van der Waals surface area contributed by atoms with Crippen molar-refractivity contribution in [1.82, 2.24) is 15.2 Å². The fourth-order valence-corrected chi connectivity index (χ4v) is 2.85. The third-order valence-electron chi connectivity index (χ3n) is 4.13. The van der Waals surface area contributed by atoms with Crippen molar-refractivity contribution >= 4 is 5.91 Å². The Morgan fingerprint density at radius 3 is 2.75 bits per heavy atom. The molecule has 0 spiro atoms. The van der Waals surface area contributed by atoms with Crippen LogP contribution < -0.4 is 5.32 Å². The van der Waals surface area contributed by atoms with Crippen LogP contribution in [0.25, 0.3) is 0 Å². The van der Waals surface area contributed by atoms with Gasteiger partial charge in [0.25, 0.3) is 5.91 Å². The van der Waals surface area contributed by atoms with E-state index in [0.29, 0.717) is 19.8 Å². The van der Waals surface area contributed by atoms with E-state index in [9.17, 15) is 9.18 Å². The van der Waals surface area contributed by atoms with Crippen molar-refractivity contribution in [1.29, 1.82) is 0 Å². The van der Waals surface area contributed by atoms with Crippen molar-refractivity contribution in [3.8, 4) is 0 Å². The Balaban J connectivity index is 1.72. The molecule has 2 aromatic rings. The van der Waals surface area contributed by atoms with E-state index in [-0.39, 0.29) is 11.6 Å². The van der Waals surface area contributed by atoms with Gasteiger partial charge >= 0.3 is 0 Å². The number of ether oxygens (including phenoxy) is 1. The Kier molecular flexibility index (Phi) is 5.51. The number of benzene rings is 1. The molecular formula is C18H20FN3O2. The number of halogens is 1. The number of rotatable bonds is 5. The van der Waals surface area contributed by atoms with E-state index in [1.165, 1.54) is 12.1 Å². The van der Waals surface area contributed by atoms with Gasteiger partial charge in [-0.15, -0.1) is 0 Å². The summed E-state index contributed by atoms with van der Waals surface area (Å²) in [5, 5.41) is 2.85. The number of nitrogens with one attached hydrogen (secondary N) is 1. The van der Waals surface area contributed by atoms with Crippen LogP contribution in [0.3, 0.4) is 0 Å². The summed E-state index contributed by atoms with van der Waals surface area (Å²) in [5.41, 5.74) is 1.08. The van der Waals surface area contributed by atoms with Crippen molar-refractivity contribution in [3.63, 3.8) is 0 Å². The Hall–Kier alpha value is -2.31. The largest absolute Gasteiger partial charge is 0.379 e. The molecule has 1 unspecified atom stereocenters. The van der Waals surface area contributed by atoms with Crippen molar-refractivity contribution in [2.24, 2.45) is 0 Å². The maximum Gasteiger partial charge on any atom is 0.254 e. The molecule has 5 nitrogen and oxygen atoms in total. The lowest BCUT2D eigenvalue weighted by atomic mass is 10.1. The van der Waals surface area contributed by atoms with Gasteiger partial charge in [0, 0.05) is 32.0 Å². The van der Waals surface area contributed by atoms with Gasteiger partial charge in [0.1, 0.15) is 5.82 Å². The van der Waals surface area contributed by atoms with Crippen LogP contribution in [-0.2, 0) is 4.74 Å². The van der Waals surface area contributed by atoms with Crippen LogP contribution in [0.15, 0.2) is 48.8 Å². The molecule has 1 N–H and O–H groups in total. The highest BCUT2D eigenvalue weighted by Crippen LogP contribution is 2.20. The summed E-state index contributed by atoms with van der Waals surface area (Å²) >= 11 is 0. The Morgan fingerprint density at radius 1 is 1.25 bits per heavy atom. The van der Waals surface area contributed by atoms with Gasteiger partial charge in [-0.05, 0) is 23.8 Å². The number of hydrogen-bond donors (Lipinski definition) is 1. The molecule has 2 heterocycles. The molecule has 1 aromatic carbocycles. The number of nitrogens with zero attached hydrogens (tertiary/aromatic N) is 2. The molecule has 1 atom stereocenters. The molecule has 1 aliphatic heterocycles. The monoisotopic (exact) mass is 329 g/mol. The highest BCUT2D eigenvalue weighted by molar-refractivity contribution is 5.94. The number of amides is 1. The normalized spacial score (nSPS) is 16.5. The Morgan fingerprint density at radius 2 is 2.04 bits per heavy atom. The summed E-state index contributed by atoms with van der Waals surface area (Å²) in [6.45, 7) is 3.29. The van der Waals surface area contributed by atoms with Crippen LogP contribution in [-0.4, -0.2) is 48.6 Å². The van der Waals surface area contributed by atoms with Crippen molar-refractivity contribution in [2.75, 3.05) is 32.8 Å². The first kappa shape index (κ1) is 16.5. The molecular weight excluding hydrogens is 309 g/mol. The van der Waals surface area contributed by atoms with Crippen LogP contribution >= 0.6 is 0 Å². The van der Waals surface area contributed by atoms with Gasteiger partial charge in [-0.3, -0.25) is 14.7 Å². The molecule has 1 fully saturated rings. The number of aromatic nitrogens is 1. The topological polar surface area (TPSA) is 54.5 Å². The van der Waals surface area contributed by atoms with E-state index in [1.807, 2.05) is 12.1 Å². The van der Waals surface area contributed by atoms with Crippen molar-refractivity contribution in [2.45, 2.75) is 6.04 Å². The lowest BCUT2D eigenvalue weighted by Crippen LogP contribution is -2.44. The second-order valence-electron chi connectivity index (χ2n) is 5.64. The average Bonchev–Trinajstić information content (AvgIpc) is 2.64. The predicted molar refractivity (Wildman–Crippen MR) is 88.1 cm³/mol. The van der Waals surface area contributed by atoms with E-state index >= 15 is 0 Å². The lowest BCUT2D eigenvalue weighted by Gasteiger charge is -2.34. The van der Waals surface area contributed by atoms with E-state index in [0.717, 1.165) is 18.7 Å². The molecule has 0 saturated carbocycles. The molecule has 3 rings (SSSR count). The minimum atomic E-state index is -0.515. The molecule has 1 aromatic heterocycles. The van der Waals surface area contributed by atoms with Gasteiger partial charge in [0.2, 0.25) is 0 Å². The number of carbonyl (C=O) groups excluding carboxylic acids is 1. The summed E-state index contributed by atoms with van der Waals surface area (Å²) in [4.78, 5) is 18.7. The van der Waals surface area contributed by atoms with E-state index in [2.05, 4.69) is 15.2 Å². The molecule has 1 saturated heterocycles. The standard InChI is InChI=1S/C18H20FN3O2/c19-16-6-2-1-5-15(16)18(23)21-13-17(14-4-3-7-20-12-14)22-8-10-24-11-9-22/h1-7,12,17H,8-11,13H2,(H,21,23). The third-order valence-corrected chi connectivity index (χ3v) is 4.13. The van der Waals surface area contributed by atoms with Crippen LogP contribution in [0.4, 0.5) is 4.39 Å². The van der Waals surface area contributed by atoms with Gasteiger partial charge in [0.05, 0.1) is 24.8 Å². The van der Waals surface area contributed by atoms with Gasteiger partial charge in [-0.25, -0.2) is 4.39 Å². The molecule has 1 aliphatic rings. The molecule has 0 radical (unpaired) electrons. The van der Waals surface area contributed by atoms with Crippen LogP contribution in [0, 0.1) is 5.82 Å². The highest BCUT2D eigenvalue weighted by atomic mass is 19.1. The molecule has 6 heteroatoms. The second-order valence-corrected chi connectivity index (χ2v) is 5.64. The van der Waals surface area contributed by atoms with Gasteiger partial charge < -0.3 is 10.1 Å². The smallest absolute Gasteiger partial charge is 0.254 e. The number of carbonyl (C=O) groups is 1. The van der Waals surface area contributed by atoms with Gasteiger partial charge in [0.15, 0.2) is 0 Å². The Labute approximate surface area is 140 Å². The molecule has 0 aliphatic carbocycles. The zero-order chi connectivity index (χ0) is 16.8. The number of pyridine rings is 1. The first-order valence-electron chi connectivity index (χ1n) is 8.00. The zero-order valence-electron chi connectivity index (χ0n) is 13.3. The summed E-state index contributed by atoms with van der Waals surface area (Å²) in [7, 11) is 0. The van der Waals surface area contributed by atoms with Crippen LogP contribution in [0.1, 0.15) is 22.0 Å². The third kappa shape index (κ3) is 3.96. The van der Waals surface area contributed by atoms with Crippen LogP contribution in [0.5, 0.6) is 0 Å². The highest BCUT2D eigenvalue weighted by Gasteiger charge is 2.24. The minimum Gasteiger partial charge on any atom is -0.379 e. The fourth-order valence-electron chi connectivity index (χ4n) is 2.85. The average molecular weight is 329 g/mol. The van der Waals surface area contributed by atoms with E-state index in [1.54, 1.807) is 24.5 Å². The number of hydrogen-bond acceptors (Lipinski definition) is 4. The van der Waals surface area contributed by atoms with Crippen molar-refractivity contribution < 1.29 is 13.9 Å². The summed E-state index contributed by atoms with van der Waals surface area (Å²) in [6.07, 6.45) is 3.52. The summed E-state index contributed by atoms with van der Waals surface area (Å²) < 4.78 is 19.1. The van der Waals surface area contributed by atoms with Gasteiger partial charge in [-0.1, -0.05) is 18.2 Å². The van der Waals surface area contributed by atoms with Gasteiger partial charge in [-0.2, -0.15) is 0 Å². The molecule has 1 amide bonds. The summed E-state index contributed by atoms with van der Waals surface area (Å²) in [6, 6.07) is 9.84. The SMILES string of the molecule is O=C(NCC(c1cccnc1)N1CCOCC1)c1ccccc1F.